The number of piperidine rings is 1. The summed E-state index contributed by atoms with van der Waals surface area (Å²) in [5.41, 5.74) is 3.94. The number of ether oxygens (including phenoxy) is 1. The number of nitrogens with one attached hydrogen (secondary N) is 1. The monoisotopic (exact) mass is 538 g/mol. The Morgan fingerprint density at radius 3 is 2.42 bits per heavy atom. The lowest BCUT2D eigenvalue weighted by Crippen LogP contribution is -2.41. The molecule has 3 aromatic carbocycles. The molecule has 0 aromatic heterocycles. The van der Waals surface area contributed by atoms with Gasteiger partial charge in [-0.3, -0.25) is 9.59 Å². The van der Waals surface area contributed by atoms with Gasteiger partial charge in [-0.25, -0.2) is 0 Å². The zero-order valence-electron chi connectivity index (χ0n) is 23.4. The van der Waals surface area contributed by atoms with Crippen molar-refractivity contribution >= 4 is 11.8 Å². The molecular formula is C33H38N4O3. The van der Waals surface area contributed by atoms with Crippen molar-refractivity contribution in [3.63, 3.8) is 0 Å². The second kappa shape index (κ2) is 14.3. The zero-order valence-corrected chi connectivity index (χ0v) is 23.4. The van der Waals surface area contributed by atoms with Crippen LogP contribution >= 0.6 is 0 Å². The summed E-state index contributed by atoms with van der Waals surface area (Å²) >= 11 is 0. The molecule has 0 atom stereocenters. The molecule has 0 bridgehead atoms. The molecule has 7 nitrogen and oxygen atoms in total. The molecule has 0 saturated carbocycles. The van der Waals surface area contributed by atoms with Gasteiger partial charge in [0.15, 0.2) is 6.61 Å². The summed E-state index contributed by atoms with van der Waals surface area (Å²) in [6, 6.07) is 25.1. The van der Waals surface area contributed by atoms with E-state index >= 15 is 0 Å². The number of hydrogen-bond acceptors (Lipinski definition) is 5. The minimum atomic E-state index is -0.172. The van der Waals surface area contributed by atoms with Gasteiger partial charge in [-0.05, 0) is 87.2 Å². The lowest BCUT2D eigenvalue weighted by atomic mass is 9.90. The highest BCUT2D eigenvalue weighted by molar-refractivity contribution is 5.96. The van der Waals surface area contributed by atoms with Crippen molar-refractivity contribution in [3.8, 4) is 22.9 Å². The summed E-state index contributed by atoms with van der Waals surface area (Å²) in [7, 11) is 3.91. The number of rotatable bonds is 11. The smallest absolute Gasteiger partial charge is 0.260 e. The molecule has 3 aromatic rings. The molecule has 0 aliphatic carbocycles. The maximum atomic E-state index is 13.0. The van der Waals surface area contributed by atoms with Gasteiger partial charge in [0.25, 0.3) is 11.8 Å². The Kier molecular flexibility index (Phi) is 10.3. The van der Waals surface area contributed by atoms with Crippen LogP contribution in [-0.2, 0) is 11.2 Å². The number of carbonyl (C=O) groups is 2. The third kappa shape index (κ3) is 8.17. The van der Waals surface area contributed by atoms with Crippen LogP contribution < -0.4 is 10.1 Å². The van der Waals surface area contributed by atoms with E-state index in [1.54, 1.807) is 30.3 Å². The van der Waals surface area contributed by atoms with Crippen molar-refractivity contribution in [1.82, 2.24) is 15.1 Å². The molecule has 1 aliphatic heterocycles. The summed E-state index contributed by atoms with van der Waals surface area (Å²) in [5, 5.41) is 12.1. The Bertz CT molecular complexity index is 1310. The first-order chi connectivity index (χ1) is 19.4. The average Bonchev–Trinajstić information content (AvgIpc) is 2.99. The lowest BCUT2D eigenvalue weighted by molar-refractivity contribution is -0.134. The Morgan fingerprint density at radius 1 is 1.02 bits per heavy atom. The predicted octanol–water partition coefficient (Wildman–Crippen LogP) is 4.77. The molecule has 4 rings (SSSR count). The van der Waals surface area contributed by atoms with E-state index in [1.165, 1.54) is 5.56 Å². The molecule has 1 fully saturated rings. The highest BCUT2D eigenvalue weighted by atomic mass is 16.5. The average molecular weight is 539 g/mol. The van der Waals surface area contributed by atoms with Gasteiger partial charge in [-0.1, -0.05) is 42.5 Å². The topological polar surface area (TPSA) is 85.7 Å². The van der Waals surface area contributed by atoms with Crippen LogP contribution in [0.15, 0.2) is 72.8 Å². The number of hydrogen-bond donors (Lipinski definition) is 1. The fourth-order valence-electron chi connectivity index (χ4n) is 4.96. The van der Waals surface area contributed by atoms with Crippen molar-refractivity contribution < 1.29 is 14.3 Å². The molecule has 0 spiro atoms. The molecule has 208 valence electrons. The highest BCUT2D eigenvalue weighted by Crippen LogP contribution is 2.32. The van der Waals surface area contributed by atoms with Gasteiger partial charge in [0.2, 0.25) is 0 Å². The molecule has 2 amide bonds. The predicted molar refractivity (Wildman–Crippen MR) is 157 cm³/mol. The second-order valence-corrected chi connectivity index (χ2v) is 10.6. The van der Waals surface area contributed by atoms with E-state index in [9.17, 15) is 14.9 Å². The third-order valence-corrected chi connectivity index (χ3v) is 7.41. The second-order valence-electron chi connectivity index (χ2n) is 10.6. The molecule has 1 aliphatic rings. The van der Waals surface area contributed by atoms with E-state index < -0.39 is 0 Å². The standard InChI is InChI=1S/C33H38N4O3/c1-36(2)21-18-35-33(39)29-14-15-31(30(22-29)28-12-10-27(23-34)11-13-28)40-24-32(38)37-19-16-26(17-20-37)9-8-25-6-4-3-5-7-25/h3-7,10-15,22,26H,8-9,16-21,24H2,1-2H3,(H,35,39). The number of carbonyl (C=O) groups excluding carboxylic acids is 2. The first kappa shape index (κ1) is 28.8. The Labute approximate surface area is 237 Å². The molecule has 1 N–H and O–H groups in total. The summed E-state index contributed by atoms with van der Waals surface area (Å²) in [6.45, 7) is 2.70. The van der Waals surface area contributed by atoms with Gasteiger partial charge >= 0.3 is 0 Å². The molecule has 40 heavy (non-hydrogen) atoms. The fourth-order valence-corrected chi connectivity index (χ4v) is 4.96. The number of aryl methyl sites for hydroxylation is 1. The summed E-state index contributed by atoms with van der Waals surface area (Å²) in [6.07, 6.45) is 4.23. The largest absolute Gasteiger partial charge is 0.483 e. The van der Waals surface area contributed by atoms with Crippen LogP contribution in [0.1, 0.15) is 40.7 Å². The van der Waals surface area contributed by atoms with Crippen molar-refractivity contribution in [2.24, 2.45) is 5.92 Å². The maximum Gasteiger partial charge on any atom is 0.260 e. The summed E-state index contributed by atoms with van der Waals surface area (Å²) < 4.78 is 6.05. The van der Waals surface area contributed by atoms with Crippen LogP contribution in [0.2, 0.25) is 0 Å². The van der Waals surface area contributed by atoms with Gasteiger partial charge < -0.3 is 19.9 Å². The minimum absolute atomic E-state index is 0.0298. The summed E-state index contributed by atoms with van der Waals surface area (Å²) in [5.74, 6) is 0.956. The number of benzene rings is 3. The van der Waals surface area contributed by atoms with Gasteiger partial charge in [0, 0.05) is 37.3 Å². The first-order valence-electron chi connectivity index (χ1n) is 13.9. The molecule has 0 radical (unpaired) electrons. The van der Waals surface area contributed by atoms with Gasteiger partial charge in [0.05, 0.1) is 11.6 Å². The van der Waals surface area contributed by atoms with Crippen LogP contribution in [0.4, 0.5) is 0 Å². The first-order valence-corrected chi connectivity index (χ1v) is 13.9. The Balaban J connectivity index is 1.37. The molecule has 7 heteroatoms. The quantitative estimate of drug-likeness (QED) is 0.380. The normalized spacial score (nSPS) is 13.6. The molecule has 0 unspecified atom stereocenters. The number of nitriles is 1. The lowest BCUT2D eigenvalue weighted by Gasteiger charge is -2.32. The molecule has 1 saturated heterocycles. The molecule has 1 heterocycles. The van der Waals surface area contributed by atoms with Crippen LogP contribution in [0.3, 0.4) is 0 Å². The Hall–Kier alpha value is -4.15. The Morgan fingerprint density at radius 2 is 1.75 bits per heavy atom. The van der Waals surface area contributed by atoms with Gasteiger partial charge in [0.1, 0.15) is 5.75 Å². The SMILES string of the molecule is CN(C)CCNC(=O)c1ccc(OCC(=O)N2CCC(CCc3ccccc3)CC2)c(-c2ccc(C#N)cc2)c1. The summed E-state index contributed by atoms with van der Waals surface area (Å²) in [4.78, 5) is 29.7. The van der Waals surface area contributed by atoms with Crippen LogP contribution in [0.5, 0.6) is 5.75 Å². The van der Waals surface area contributed by atoms with Crippen molar-refractivity contribution in [1.29, 1.82) is 5.26 Å². The van der Waals surface area contributed by atoms with E-state index in [0.717, 1.165) is 50.9 Å². The van der Waals surface area contributed by atoms with Crippen molar-refractivity contribution in [2.45, 2.75) is 25.7 Å². The zero-order chi connectivity index (χ0) is 28.3. The van der Waals surface area contributed by atoms with E-state index in [1.807, 2.05) is 42.1 Å². The van der Waals surface area contributed by atoms with Crippen LogP contribution in [-0.4, -0.2) is 68.5 Å². The number of likely N-dealkylation sites (N-methyl/N-ethyl adjacent to an activating group) is 1. The van der Waals surface area contributed by atoms with Gasteiger partial charge in [-0.2, -0.15) is 5.26 Å². The molecular weight excluding hydrogens is 500 g/mol. The minimum Gasteiger partial charge on any atom is -0.483 e. The van der Waals surface area contributed by atoms with Gasteiger partial charge in [-0.15, -0.1) is 0 Å². The van der Waals surface area contributed by atoms with Crippen LogP contribution in [0, 0.1) is 17.2 Å². The van der Waals surface area contributed by atoms with E-state index in [2.05, 4.69) is 35.7 Å². The number of likely N-dealkylation sites (tertiary alicyclic amines) is 1. The fraction of sp³-hybridized carbons (Fsp3) is 0.364. The number of amides is 2. The number of nitrogens with zero attached hydrogens (tertiary/aromatic N) is 3. The van der Waals surface area contributed by atoms with Crippen molar-refractivity contribution in [2.75, 3.05) is 46.9 Å². The third-order valence-electron chi connectivity index (χ3n) is 7.41. The van der Waals surface area contributed by atoms with Crippen molar-refractivity contribution in [3.05, 3.63) is 89.5 Å². The highest BCUT2D eigenvalue weighted by Gasteiger charge is 2.23. The maximum absolute atomic E-state index is 13.0. The van der Waals surface area contributed by atoms with Crippen LogP contribution in [0.25, 0.3) is 11.1 Å². The van der Waals surface area contributed by atoms with E-state index in [-0.39, 0.29) is 18.4 Å². The van der Waals surface area contributed by atoms with E-state index in [4.69, 9.17) is 4.74 Å². The van der Waals surface area contributed by atoms with E-state index in [0.29, 0.717) is 34.9 Å².